The molecule has 0 spiro atoms. The zero-order chi connectivity index (χ0) is 32.7. The largest absolute Gasteiger partial charge is 4.00 e. The molecular formula is C46H58HfSi. The minimum Gasteiger partial charge on any atom is -0.358 e. The van der Waals surface area contributed by atoms with Crippen molar-refractivity contribution < 1.29 is 25.8 Å². The van der Waals surface area contributed by atoms with E-state index in [2.05, 4.69) is 178 Å². The summed E-state index contributed by atoms with van der Waals surface area (Å²) in [6.45, 7) is 22.5. The van der Waals surface area contributed by atoms with Crippen LogP contribution in [-0.2, 0) is 25.8 Å². The average molecular weight is 818 g/mol. The summed E-state index contributed by atoms with van der Waals surface area (Å²) in [7, 11) is 0.777. The minimum absolute atomic E-state index is 0. The van der Waals surface area contributed by atoms with E-state index in [1.165, 1.54) is 65.3 Å². The third kappa shape index (κ3) is 11.7. The fourth-order valence-electron chi connectivity index (χ4n) is 5.88. The summed E-state index contributed by atoms with van der Waals surface area (Å²) >= 11 is 0. The Morgan fingerprint density at radius 3 is 1.08 bits per heavy atom. The zero-order valence-corrected chi connectivity index (χ0v) is 36.3. The minimum atomic E-state index is 0. The van der Waals surface area contributed by atoms with Crippen LogP contribution in [0, 0.1) is 28.7 Å². The first kappa shape index (κ1) is 43.2. The number of hydrogen-bond acceptors (Lipinski definition) is 0. The molecule has 2 radical (unpaired) electrons. The van der Waals surface area contributed by atoms with Gasteiger partial charge in [-0.05, 0) is 23.7 Å². The van der Waals surface area contributed by atoms with Crippen molar-refractivity contribution in [1.29, 1.82) is 0 Å². The van der Waals surface area contributed by atoms with E-state index in [0.29, 0.717) is 23.7 Å². The first-order valence-electron chi connectivity index (χ1n) is 16.7. The van der Waals surface area contributed by atoms with Crippen LogP contribution in [0.4, 0.5) is 0 Å². The van der Waals surface area contributed by atoms with Crippen LogP contribution >= 0.6 is 0 Å². The van der Waals surface area contributed by atoms with Gasteiger partial charge in [-0.1, -0.05) is 175 Å². The maximum absolute atomic E-state index is 2.39. The summed E-state index contributed by atoms with van der Waals surface area (Å²) in [4.78, 5) is 0. The predicted molar refractivity (Wildman–Crippen MR) is 216 cm³/mol. The summed E-state index contributed by atoms with van der Waals surface area (Å²) in [5.74, 6) is 2.42. The fourth-order valence-corrected chi connectivity index (χ4v) is 6.93. The summed E-state index contributed by atoms with van der Waals surface area (Å²) in [5.41, 5.74) is 8.66. The molecular weight excluding hydrogens is 759 g/mol. The van der Waals surface area contributed by atoms with Gasteiger partial charge < -0.3 is 14.9 Å². The molecule has 0 N–H and O–H groups in total. The Hall–Kier alpha value is -2.81. The van der Waals surface area contributed by atoms with Crippen molar-refractivity contribution in [3.05, 3.63) is 157 Å². The van der Waals surface area contributed by atoms with E-state index in [4.69, 9.17) is 0 Å². The SMILES string of the molecule is Cc1cc2c(C(C)C)cc(C(C)C)cc2[cH-]1.Cc1cc2c(C(C)C)cc(C(C)C)cc2[cH-]1.[CH3-].[CH3-].[Hf+4].c1ccc([Si]c2ccccc2)cc1. The number of benzene rings is 4. The van der Waals surface area contributed by atoms with Gasteiger partial charge in [-0.2, -0.15) is 12.1 Å². The normalized spacial score (nSPS) is 10.6. The molecule has 0 aliphatic heterocycles. The molecule has 0 fully saturated rings. The molecule has 0 aliphatic rings. The van der Waals surface area contributed by atoms with Gasteiger partial charge in [-0.25, -0.2) is 0 Å². The smallest absolute Gasteiger partial charge is 0.358 e. The monoisotopic (exact) mass is 818 g/mol. The molecule has 6 aromatic rings. The summed E-state index contributed by atoms with van der Waals surface area (Å²) < 4.78 is 0. The van der Waals surface area contributed by atoms with E-state index >= 15 is 0 Å². The van der Waals surface area contributed by atoms with Gasteiger partial charge in [0.1, 0.15) is 9.52 Å². The van der Waals surface area contributed by atoms with Crippen LogP contribution in [0.15, 0.2) is 109 Å². The molecule has 0 heterocycles. The van der Waals surface area contributed by atoms with Crippen molar-refractivity contribution in [3.8, 4) is 0 Å². The maximum Gasteiger partial charge on any atom is 4.00 e. The van der Waals surface area contributed by atoms with Gasteiger partial charge >= 0.3 is 25.8 Å². The van der Waals surface area contributed by atoms with Crippen molar-refractivity contribution >= 4 is 41.4 Å². The van der Waals surface area contributed by atoms with Crippen LogP contribution in [0.25, 0.3) is 21.5 Å². The molecule has 0 unspecified atom stereocenters. The standard InChI is InChI=1S/2C16H21.C12H10Si.2CH3.Hf/c2*1-10(2)13-8-14-6-12(5)7-16(14)15(9-13)11(3)4;1-3-7-11(8-4-1)13-12-9-5-2-6-10-12;;;/h2*6-11H,1-5H3;1-10H;2*1H3;/q2*-1;;2*-1;+4. The van der Waals surface area contributed by atoms with Crippen LogP contribution < -0.4 is 10.4 Å². The molecule has 6 aromatic carbocycles. The fraction of sp³-hybridized carbons (Fsp3) is 0.304. The van der Waals surface area contributed by atoms with Crippen LogP contribution in [0.2, 0.25) is 0 Å². The van der Waals surface area contributed by atoms with Crippen molar-refractivity contribution in [2.45, 2.75) is 92.9 Å². The quantitative estimate of drug-likeness (QED) is 0.116. The summed E-state index contributed by atoms with van der Waals surface area (Å²) in [6.07, 6.45) is 0. The predicted octanol–water partition coefficient (Wildman–Crippen LogP) is 12.5. The number of fused-ring (bicyclic) bond motifs is 2. The van der Waals surface area contributed by atoms with Crippen LogP contribution in [0.1, 0.15) is 112 Å². The van der Waals surface area contributed by atoms with Crippen LogP contribution in [0.5, 0.6) is 0 Å². The van der Waals surface area contributed by atoms with E-state index in [9.17, 15) is 0 Å². The third-order valence-corrected chi connectivity index (χ3v) is 9.70. The Balaban J connectivity index is 0.000000351. The molecule has 48 heavy (non-hydrogen) atoms. The Bertz CT molecular complexity index is 1650. The molecule has 0 amide bonds. The molecule has 0 saturated carbocycles. The van der Waals surface area contributed by atoms with E-state index in [1.807, 2.05) is 0 Å². The van der Waals surface area contributed by atoms with Gasteiger partial charge in [0.05, 0.1) is 0 Å². The summed E-state index contributed by atoms with van der Waals surface area (Å²) in [5, 5.41) is 8.50. The molecule has 0 bridgehead atoms. The zero-order valence-electron chi connectivity index (χ0n) is 31.7. The van der Waals surface area contributed by atoms with Crippen molar-refractivity contribution in [1.82, 2.24) is 0 Å². The van der Waals surface area contributed by atoms with Gasteiger partial charge in [0.25, 0.3) is 0 Å². The second-order valence-corrected chi connectivity index (χ2v) is 15.2. The molecule has 2 heteroatoms. The van der Waals surface area contributed by atoms with E-state index in [-0.39, 0.29) is 40.7 Å². The van der Waals surface area contributed by atoms with Gasteiger partial charge in [0.15, 0.2) is 0 Å². The Morgan fingerprint density at radius 2 is 0.792 bits per heavy atom. The van der Waals surface area contributed by atoms with Crippen LogP contribution in [0.3, 0.4) is 0 Å². The molecule has 250 valence electrons. The van der Waals surface area contributed by atoms with E-state index < -0.39 is 0 Å². The number of hydrogen-bond donors (Lipinski definition) is 0. The second-order valence-electron chi connectivity index (χ2n) is 13.8. The van der Waals surface area contributed by atoms with E-state index in [0.717, 1.165) is 9.52 Å². The molecule has 0 saturated heterocycles. The van der Waals surface area contributed by atoms with Crippen molar-refractivity contribution in [2.75, 3.05) is 0 Å². The Kier molecular flexibility index (Phi) is 18.0. The Labute approximate surface area is 315 Å². The van der Waals surface area contributed by atoms with Gasteiger partial charge in [-0.15, -0.1) is 56.9 Å². The molecule has 6 rings (SSSR count). The topological polar surface area (TPSA) is 0 Å². The van der Waals surface area contributed by atoms with Gasteiger partial charge in [-0.3, -0.25) is 0 Å². The van der Waals surface area contributed by atoms with Crippen molar-refractivity contribution in [2.24, 2.45) is 0 Å². The number of rotatable bonds is 6. The summed E-state index contributed by atoms with van der Waals surface area (Å²) in [6, 6.07) is 39.8. The first-order valence-corrected chi connectivity index (χ1v) is 17.7. The van der Waals surface area contributed by atoms with Crippen molar-refractivity contribution in [3.63, 3.8) is 0 Å². The molecule has 0 nitrogen and oxygen atoms in total. The van der Waals surface area contributed by atoms with Gasteiger partial charge in [0.2, 0.25) is 0 Å². The molecule has 0 aliphatic carbocycles. The third-order valence-electron chi connectivity index (χ3n) is 8.46. The first-order chi connectivity index (χ1) is 21.4. The average Bonchev–Trinajstić information content (AvgIpc) is 3.58. The molecule has 0 atom stereocenters. The molecule has 0 aromatic heterocycles. The van der Waals surface area contributed by atoms with Gasteiger partial charge in [0, 0.05) is 0 Å². The Morgan fingerprint density at radius 1 is 0.458 bits per heavy atom. The van der Waals surface area contributed by atoms with E-state index in [1.54, 1.807) is 0 Å². The maximum atomic E-state index is 2.39. The van der Waals surface area contributed by atoms with Crippen LogP contribution in [-0.4, -0.2) is 9.52 Å². The second kappa shape index (κ2) is 20.0. The number of aryl methyl sites for hydroxylation is 2.